The highest BCUT2D eigenvalue weighted by Gasteiger charge is 2.38. The Morgan fingerprint density at radius 2 is 1.80 bits per heavy atom. The van der Waals surface area contributed by atoms with E-state index in [2.05, 4.69) is 0 Å². The molecular formula is C10H8F4O. The van der Waals surface area contributed by atoms with Crippen LogP contribution in [0.15, 0.2) is 12.1 Å². The van der Waals surface area contributed by atoms with E-state index in [1.165, 1.54) is 6.92 Å². The maximum absolute atomic E-state index is 13.0. The summed E-state index contributed by atoms with van der Waals surface area (Å²) in [5.41, 5.74) is -1.95. The molecule has 15 heavy (non-hydrogen) atoms. The minimum absolute atomic E-state index is 0.122. The summed E-state index contributed by atoms with van der Waals surface area (Å²) < 4.78 is 50.4. The zero-order chi connectivity index (χ0) is 11.8. The number of rotatable bonds is 1. The van der Waals surface area contributed by atoms with Crippen molar-refractivity contribution < 1.29 is 22.4 Å². The van der Waals surface area contributed by atoms with Crippen molar-refractivity contribution in [3.63, 3.8) is 0 Å². The zero-order valence-electron chi connectivity index (χ0n) is 8.07. The molecule has 0 aliphatic rings. The number of Topliss-reactive ketones (excluding diaryl/α,β-unsaturated/α-hetero) is 1. The zero-order valence-corrected chi connectivity index (χ0v) is 8.07. The Balaban J connectivity index is 3.60. The van der Waals surface area contributed by atoms with Crippen LogP contribution in [0.1, 0.15) is 28.4 Å². The molecule has 1 aromatic rings. The van der Waals surface area contributed by atoms with Gasteiger partial charge in [0, 0.05) is 5.56 Å². The molecular weight excluding hydrogens is 212 g/mol. The van der Waals surface area contributed by atoms with Gasteiger partial charge in [-0.15, -0.1) is 0 Å². The van der Waals surface area contributed by atoms with E-state index in [9.17, 15) is 22.4 Å². The van der Waals surface area contributed by atoms with Crippen molar-refractivity contribution in [2.24, 2.45) is 0 Å². The first-order valence-electron chi connectivity index (χ1n) is 4.12. The highest BCUT2D eigenvalue weighted by Crippen LogP contribution is 2.35. The van der Waals surface area contributed by atoms with Gasteiger partial charge in [-0.2, -0.15) is 13.2 Å². The lowest BCUT2D eigenvalue weighted by Gasteiger charge is -2.13. The Bertz CT molecular complexity index is 407. The van der Waals surface area contributed by atoms with Gasteiger partial charge in [0.05, 0.1) is 0 Å². The van der Waals surface area contributed by atoms with Crippen LogP contribution in [-0.4, -0.2) is 5.78 Å². The summed E-state index contributed by atoms with van der Waals surface area (Å²) in [7, 11) is 0. The Morgan fingerprint density at radius 3 is 2.13 bits per heavy atom. The van der Waals surface area contributed by atoms with E-state index in [-0.39, 0.29) is 5.56 Å². The molecule has 1 nitrogen and oxygen atoms in total. The number of carbonyl (C=O) groups is 1. The second-order valence-electron chi connectivity index (χ2n) is 3.17. The summed E-state index contributed by atoms with van der Waals surface area (Å²) in [6.45, 7) is 2.32. The molecule has 0 aliphatic carbocycles. The summed E-state index contributed by atoms with van der Waals surface area (Å²) >= 11 is 0. The summed E-state index contributed by atoms with van der Waals surface area (Å²) in [5.74, 6) is -2.21. The first-order chi connectivity index (χ1) is 6.75. The lowest BCUT2D eigenvalue weighted by molar-refractivity contribution is -0.140. The van der Waals surface area contributed by atoms with Crippen LogP contribution in [0, 0.1) is 12.7 Å². The minimum Gasteiger partial charge on any atom is -0.294 e. The molecule has 5 heteroatoms. The molecule has 0 radical (unpaired) electrons. The monoisotopic (exact) mass is 220 g/mol. The van der Waals surface area contributed by atoms with Crippen LogP contribution in [0.5, 0.6) is 0 Å². The maximum atomic E-state index is 13.0. The topological polar surface area (TPSA) is 17.1 Å². The normalized spacial score (nSPS) is 11.6. The Kier molecular flexibility index (Phi) is 2.83. The molecule has 0 atom stereocenters. The number of hydrogen-bond donors (Lipinski definition) is 0. The average Bonchev–Trinajstić information content (AvgIpc) is 2.05. The number of ketones is 1. The Morgan fingerprint density at radius 1 is 1.27 bits per heavy atom. The molecule has 0 heterocycles. The van der Waals surface area contributed by atoms with Gasteiger partial charge in [0.2, 0.25) is 0 Å². The van der Waals surface area contributed by atoms with Crippen molar-refractivity contribution in [3.8, 4) is 0 Å². The molecule has 1 rings (SSSR count). The SMILES string of the molecule is CC(=O)c1c(C)ccc(F)c1C(F)(F)F. The first kappa shape index (κ1) is 11.7. The number of halogens is 4. The van der Waals surface area contributed by atoms with Gasteiger partial charge in [-0.05, 0) is 25.5 Å². The summed E-state index contributed by atoms with van der Waals surface area (Å²) in [5, 5.41) is 0. The lowest BCUT2D eigenvalue weighted by atomic mass is 9.98. The van der Waals surface area contributed by atoms with Gasteiger partial charge in [-0.25, -0.2) is 4.39 Å². The van der Waals surface area contributed by atoms with E-state index in [0.29, 0.717) is 6.07 Å². The van der Waals surface area contributed by atoms with Crippen LogP contribution in [-0.2, 0) is 6.18 Å². The summed E-state index contributed by atoms with van der Waals surface area (Å²) in [6, 6.07) is 1.87. The summed E-state index contributed by atoms with van der Waals surface area (Å²) in [4.78, 5) is 11.0. The smallest absolute Gasteiger partial charge is 0.294 e. The molecule has 0 aromatic heterocycles. The van der Waals surface area contributed by atoms with Crippen molar-refractivity contribution in [2.45, 2.75) is 20.0 Å². The fraction of sp³-hybridized carbons (Fsp3) is 0.300. The van der Waals surface area contributed by atoms with E-state index >= 15 is 0 Å². The van der Waals surface area contributed by atoms with Crippen molar-refractivity contribution in [1.29, 1.82) is 0 Å². The number of alkyl halides is 3. The second kappa shape index (κ2) is 3.64. The number of carbonyl (C=O) groups excluding carboxylic acids is 1. The van der Waals surface area contributed by atoms with Crippen LogP contribution in [0.2, 0.25) is 0 Å². The van der Waals surface area contributed by atoms with E-state index in [1.54, 1.807) is 0 Å². The van der Waals surface area contributed by atoms with Gasteiger partial charge < -0.3 is 0 Å². The number of aryl methyl sites for hydroxylation is 1. The van der Waals surface area contributed by atoms with Crippen LogP contribution >= 0.6 is 0 Å². The second-order valence-corrected chi connectivity index (χ2v) is 3.17. The van der Waals surface area contributed by atoms with Gasteiger partial charge in [0.15, 0.2) is 5.78 Å². The molecule has 0 fully saturated rings. The van der Waals surface area contributed by atoms with Crippen LogP contribution < -0.4 is 0 Å². The van der Waals surface area contributed by atoms with Gasteiger partial charge in [0.1, 0.15) is 11.4 Å². The fourth-order valence-electron chi connectivity index (χ4n) is 1.41. The lowest BCUT2D eigenvalue weighted by Crippen LogP contribution is -2.15. The molecule has 0 spiro atoms. The standard InChI is InChI=1S/C10H8F4O/c1-5-3-4-7(11)9(10(12,13)14)8(5)6(2)15/h3-4H,1-2H3. The highest BCUT2D eigenvalue weighted by molar-refractivity contribution is 5.97. The van der Waals surface area contributed by atoms with Crippen LogP contribution in [0.25, 0.3) is 0 Å². The van der Waals surface area contributed by atoms with Gasteiger partial charge in [0.25, 0.3) is 0 Å². The molecule has 0 unspecified atom stereocenters. The number of benzene rings is 1. The quantitative estimate of drug-likeness (QED) is 0.524. The van der Waals surface area contributed by atoms with E-state index in [1.807, 2.05) is 0 Å². The van der Waals surface area contributed by atoms with E-state index < -0.39 is 28.9 Å². The van der Waals surface area contributed by atoms with Crippen molar-refractivity contribution in [1.82, 2.24) is 0 Å². The molecule has 0 aliphatic heterocycles. The first-order valence-corrected chi connectivity index (χ1v) is 4.12. The van der Waals surface area contributed by atoms with Crippen molar-refractivity contribution in [2.75, 3.05) is 0 Å². The average molecular weight is 220 g/mol. The predicted molar refractivity (Wildman–Crippen MR) is 46.1 cm³/mol. The molecule has 0 amide bonds. The maximum Gasteiger partial charge on any atom is 0.419 e. The molecule has 0 saturated heterocycles. The third-order valence-corrected chi connectivity index (χ3v) is 2.00. The van der Waals surface area contributed by atoms with Crippen LogP contribution in [0.3, 0.4) is 0 Å². The van der Waals surface area contributed by atoms with Crippen molar-refractivity contribution >= 4 is 5.78 Å². The van der Waals surface area contributed by atoms with Crippen LogP contribution in [0.4, 0.5) is 17.6 Å². The van der Waals surface area contributed by atoms with Crippen molar-refractivity contribution in [3.05, 3.63) is 34.6 Å². The fourth-order valence-corrected chi connectivity index (χ4v) is 1.41. The summed E-state index contributed by atoms with van der Waals surface area (Å²) in [6.07, 6.45) is -4.85. The minimum atomic E-state index is -4.85. The van der Waals surface area contributed by atoms with E-state index in [0.717, 1.165) is 13.0 Å². The molecule has 0 bridgehead atoms. The Labute approximate surface area is 83.7 Å². The van der Waals surface area contributed by atoms with Gasteiger partial charge >= 0.3 is 6.18 Å². The van der Waals surface area contributed by atoms with E-state index in [4.69, 9.17) is 0 Å². The predicted octanol–water partition coefficient (Wildman–Crippen LogP) is 3.36. The Hall–Kier alpha value is -1.39. The molecule has 0 saturated carbocycles. The third-order valence-electron chi connectivity index (χ3n) is 2.00. The largest absolute Gasteiger partial charge is 0.419 e. The van der Waals surface area contributed by atoms with Gasteiger partial charge in [-0.1, -0.05) is 6.07 Å². The molecule has 82 valence electrons. The molecule has 1 aromatic carbocycles. The molecule has 0 N–H and O–H groups in total. The number of hydrogen-bond acceptors (Lipinski definition) is 1. The highest BCUT2D eigenvalue weighted by atomic mass is 19.4. The van der Waals surface area contributed by atoms with Gasteiger partial charge in [-0.3, -0.25) is 4.79 Å². The third kappa shape index (κ3) is 2.16.